The fourth-order valence-electron chi connectivity index (χ4n) is 2.53. The number of hydrogen-bond donors (Lipinski definition) is 0. The molecular formula is C19H25ClN2O2. The molecule has 0 N–H and O–H groups in total. The van der Waals surface area contributed by atoms with E-state index in [-0.39, 0.29) is 6.04 Å². The van der Waals surface area contributed by atoms with Gasteiger partial charge in [-0.3, -0.25) is 9.88 Å². The highest BCUT2D eigenvalue weighted by Crippen LogP contribution is 2.37. The Hall–Kier alpha value is -1.78. The Morgan fingerprint density at radius 3 is 2.54 bits per heavy atom. The minimum atomic E-state index is 0.201. The van der Waals surface area contributed by atoms with Crippen LogP contribution in [0.3, 0.4) is 0 Å². The summed E-state index contributed by atoms with van der Waals surface area (Å²) in [5.74, 6) is 1.31. The molecule has 0 aliphatic carbocycles. The average Bonchev–Trinajstić information content (AvgIpc) is 2.58. The zero-order chi connectivity index (χ0) is 17.5. The lowest BCUT2D eigenvalue weighted by atomic mass is 10.1. The van der Waals surface area contributed by atoms with Crippen molar-refractivity contribution in [3.05, 3.63) is 52.8 Å². The summed E-state index contributed by atoms with van der Waals surface area (Å²) in [6.07, 6.45) is 1.82. The number of ether oxygens (including phenoxy) is 2. The predicted octanol–water partition coefficient (Wildman–Crippen LogP) is 4.73. The summed E-state index contributed by atoms with van der Waals surface area (Å²) in [4.78, 5) is 6.66. The monoisotopic (exact) mass is 348 g/mol. The molecule has 0 aliphatic heterocycles. The van der Waals surface area contributed by atoms with Gasteiger partial charge < -0.3 is 9.47 Å². The van der Waals surface area contributed by atoms with Crippen molar-refractivity contribution in [2.75, 3.05) is 20.3 Å². The van der Waals surface area contributed by atoms with E-state index in [9.17, 15) is 0 Å². The van der Waals surface area contributed by atoms with Crippen molar-refractivity contribution in [3.8, 4) is 11.5 Å². The molecule has 2 rings (SSSR count). The third-order valence-corrected chi connectivity index (χ3v) is 4.15. The molecule has 1 aromatic carbocycles. The van der Waals surface area contributed by atoms with Crippen LogP contribution in [0.5, 0.6) is 11.5 Å². The Morgan fingerprint density at radius 2 is 1.92 bits per heavy atom. The molecule has 1 atom stereocenters. The van der Waals surface area contributed by atoms with Crippen molar-refractivity contribution in [2.45, 2.75) is 33.4 Å². The van der Waals surface area contributed by atoms with E-state index in [1.54, 1.807) is 0 Å². The highest BCUT2D eigenvalue weighted by Gasteiger charge is 2.16. The van der Waals surface area contributed by atoms with Crippen LogP contribution < -0.4 is 9.47 Å². The normalized spacial score (nSPS) is 12.2. The minimum absolute atomic E-state index is 0.201. The van der Waals surface area contributed by atoms with E-state index in [2.05, 4.69) is 23.9 Å². The van der Waals surface area contributed by atoms with E-state index in [0.29, 0.717) is 29.7 Å². The molecule has 0 unspecified atom stereocenters. The fourth-order valence-corrected chi connectivity index (χ4v) is 2.82. The maximum atomic E-state index is 6.39. The minimum Gasteiger partial charge on any atom is -0.490 e. The summed E-state index contributed by atoms with van der Waals surface area (Å²) in [5, 5.41) is 0.580. The SMILES string of the molecule is CCOc1cc(CN(C)[C@@H](C)c2ccccn2)cc(Cl)c1OCC. The first-order chi connectivity index (χ1) is 11.6. The van der Waals surface area contributed by atoms with Crippen LogP contribution in [0, 0.1) is 0 Å². The van der Waals surface area contributed by atoms with Crippen LogP contribution in [-0.4, -0.2) is 30.1 Å². The van der Waals surface area contributed by atoms with E-state index in [1.165, 1.54) is 0 Å². The van der Waals surface area contributed by atoms with Crippen LogP contribution in [0.25, 0.3) is 0 Å². The third-order valence-electron chi connectivity index (χ3n) is 3.87. The van der Waals surface area contributed by atoms with Crippen LogP contribution in [0.1, 0.15) is 38.1 Å². The van der Waals surface area contributed by atoms with Crippen molar-refractivity contribution in [1.82, 2.24) is 9.88 Å². The molecule has 0 saturated carbocycles. The average molecular weight is 349 g/mol. The van der Waals surface area contributed by atoms with Crippen molar-refractivity contribution >= 4 is 11.6 Å². The Kier molecular flexibility index (Phi) is 6.88. The van der Waals surface area contributed by atoms with Crippen LogP contribution in [-0.2, 0) is 6.54 Å². The predicted molar refractivity (Wildman–Crippen MR) is 97.9 cm³/mol. The lowest BCUT2D eigenvalue weighted by Gasteiger charge is -2.25. The van der Waals surface area contributed by atoms with Gasteiger partial charge in [-0.05, 0) is 57.6 Å². The van der Waals surface area contributed by atoms with Gasteiger partial charge in [0, 0.05) is 18.8 Å². The molecule has 0 amide bonds. The van der Waals surface area contributed by atoms with E-state index < -0.39 is 0 Å². The van der Waals surface area contributed by atoms with Gasteiger partial charge >= 0.3 is 0 Å². The zero-order valence-electron chi connectivity index (χ0n) is 14.8. The van der Waals surface area contributed by atoms with E-state index in [4.69, 9.17) is 21.1 Å². The first-order valence-corrected chi connectivity index (χ1v) is 8.63. The summed E-state index contributed by atoms with van der Waals surface area (Å²) in [6, 6.07) is 10.1. The highest BCUT2D eigenvalue weighted by atomic mass is 35.5. The van der Waals surface area contributed by atoms with E-state index >= 15 is 0 Å². The molecule has 0 radical (unpaired) electrons. The number of rotatable bonds is 8. The zero-order valence-corrected chi connectivity index (χ0v) is 15.5. The number of hydrogen-bond acceptors (Lipinski definition) is 4. The molecule has 1 heterocycles. The number of aromatic nitrogens is 1. The molecule has 2 aromatic rings. The molecule has 5 heteroatoms. The van der Waals surface area contributed by atoms with Crippen molar-refractivity contribution in [1.29, 1.82) is 0 Å². The van der Waals surface area contributed by atoms with Gasteiger partial charge in [-0.25, -0.2) is 0 Å². The van der Waals surface area contributed by atoms with Gasteiger partial charge in [0.25, 0.3) is 0 Å². The van der Waals surface area contributed by atoms with Crippen LogP contribution in [0.2, 0.25) is 5.02 Å². The molecule has 0 bridgehead atoms. The maximum Gasteiger partial charge on any atom is 0.179 e. The van der Waals surface area contributed by atoms with Crippen LogP contribution in [0.15, 0.2) is 36.5 Å². The smallest absolute Gasteiger partial charge is 0.179 e. The van der Waals surface area contributed by atoms with Gasteiger partial charge in [0.15, 0.2) is 11.5 Å². The Labute approximate surface area is 149 Å². The molecule has 0 fully saturated rings. The van der Waals surface area contributed by atoms with Gasteiger partial charge in [-0.1, -0.05) is 17.7 Å². The van der Waals surface area contributed by atoms with Crippen molar-refractivity contribution in [2.24, 2.45) is 0 Å². The second-order valence-electron chi connectivity index (χ2n) is 5.62. The quantitative estimate of drug-likeness (QED) is 0.691. The topological polar surface area (TPSA) is 34.6 Å². The second-order valence-corrected chi connectivity index (χ2v) is 6.02. The van der Waals surface area contributed by atoms with Gasteiger partial charge in [0.05, 0.1) is 23.9 Å². The number of benzene rings is 1. The summed E-state index contributed by atoms with van der Waals surface area (Å²) in [7, 11) is 2.07. The molecule has 1 aromatic heterocycles. The molecule has 4 nitrogen and oxygen atoms in total. The first kappa shape index (κ1) is 18.6. The van der Waals surface area contributed by atoms with E-state index in [0.717, 1.165) is 17.8 Å². The summed E-state index contributed by atoms with van der Waals surface area (Å²) in [5.41, 5.74) is 2.12. The highest BCUT2D eigenvalue weighted by molar-refractivity contribution is 6.32. The molecular weight excluding hydrogens is 324 g/mol. The van der Waals surface area contributed by atoms with Crippen LogP contribution in [0.4, 0.5) is 0 Å². The summed E-state index contributed by atoms with van der Waals surface area (Å²) >= 11 is 6.39. The largest absolute Gasteiger partial charge is 0.490 e. The maximum absolute atomic E-state index is 6.39. The molecule has 0 saturated heterocycles. The molecule has 130 valence electrons. The fraction of sp³-hybridized carbons (Fsp3) is 0.421. The second kappa shape index (κ2) is 8.90. The first-order valence-electron chi connectivity index (χ1n) is 8.26. The summed E-state index contributed by atoms with van der Waals surface area (Å²) in [6.45, 7) is 7.88. The lowest BCUT2D eigenvalue weighted by Crippen LogP contribution is -2.22. The van der Waals surface area contributed by atoms with Crippen LogP contribution >= 0.6 is 11.6 Å². The molecule has 24 heavy (non-hydrogen) atoms. The standard InChI is InChI=1S/C19H25ClN2O2/c1-5-23-18-12-15(11-16(20)19(18)24-6-2)13-22(4)14(3)17-9-7-8-10-21-17/h7-12,14H,5-6,13H2,1-4H3/t14-/m0/s1. The van der Waals surface area contributed by atoms with Gasteiger partial charge in [0.1, 0.15) is 0 Å². The summed E-state index contributed by atoms with van der Waals surface area (Å²) < 4.78 is 11.3. The third kappa shape index (κ3) is 4.62. The lowest BCUT2D eigenvalue weighted by molar-refractivity contribution is 0.247. The number of pyridine rings is 1. The van der Waals surface area contributed by atoms with Gasteiger partial charge in [-0.2, -0.15) is 0 Å². The Morgan fingerprint density at radius 1 is 1.17 bits per heavy atom. The van der Waals surface area contributed by atoms with Gasteiger partial charge in [0.2, 0.25) is 0 Å². The Bertz CT molecular complexity index is 649. The number of halogens is 1. The van der Waals surface area contributed by atoms with Gasteiger partial charge in [-0.15, -0.1) is 0 Å². The number of nitrogens with zero attached hydrogens (tertiary/aromatic N) is 2. The van der Waals surface area contributed by atoms with E-state index in [1.807, 2.05) is 50.4 Å². The van der Waals surface area contributed by atoms with Crippen molar-refractivity contribution in [3.63, 3.8) is 0 Å². The molecule has 0 spiro atoms. The molecule has 0 aliphatic rings. The Balaban J connectivity index is 2.19. The van der Waals surface area contributed by atoms with Crippen molar-refractivity contribution < 1.29 is 9.47 Å².